The van der Waals surface area contributed by atoms with Gasteiger partial charge in [0.25, 0.3) is 0 Å². The summed E-state index contributed by atoms with van der Waals surface area (Å²) < 4.78 is 0. The highest BCUT2D eigenvalue weighted by Gasteiger charge is 2.29. The van der Waals surface area contributed by atoms with Crippen molar-refractivity contribution in [1.82, 2.24) is 10.6 Å². The van der Waals surface area contributed by atoms with Crippen LogP contribution >= 0.6 is 0 Å². The van der Waals surface area contributed by atoms with E-state index in [1.807, 2.05) is 0 Å². The molecule has 2 saturated carbocycles. The first kappa shape index (κ1) is 9.49. The van der Waals surface area contributed by atoms with Gasteiger partial charge in [-0.25, -0.2) is 0 Å². The molecule has 0 radical (unpaired) electrons. The maximum absolute atomic E-state index is 11.2. The molecule has 0 aromatic carbocycles. The first-order valence-corrected chi connectivity index (χ1v) is 5.30. The van der Waals surface area contributed by atoms with Gasteiger partial charge in [0, 0.05) is 12.5 Å². The summed E-state index contributed by atoms with van der Waals surface area (Å²) in [4.78, 5) is 22.4. The van der Waals surface area contributed by atoms with Crippen LogP contribution in [0.5, 0.6) is 0 Å². The summed E-state index contributed by atoms with van der Waals surface area (Å²) >= 11 is 0. The maximum Gasteiger partial charge on any atom is 0.239 e. The van der Waals surface area contributed by atoms with Gasteiger partial charge >= 0.3 is 0 Å². The molecule has 0 aliphatic heterocycles. The van der Waals surface area contributed by atoms with Crippen molar-refractivity contribution in [3.63, 3.8) is 0 Å². The molecule has 0 spiro atoms. The van der Waals surface area contributed by atoms with Crippen molar-refractivity contribution in [2.45, 2.75) is 25.7 Å². The molecular formula is C10H16N2O2. The van der Waals surface area contributed by atoms with Crippen molar-refractivity contribution in [1.29, 1.82) is 0 Å². The van der Waals surface area contributed by atoms with E-state index in [2.05, 4.69) is 10.6 Å². The fraction of sp³-hybridized carbons (Fsp3) is 0.800. The zero-order valence-corrected chi connectivity index (χ0v) is 8.21. The maximum atomic E-state index is 11.2. The molecule has 2 N–H and O–H groups in total. The van der Waals surface area contributed by atoms with Gasteiger partial charge in [-0.3, -0.25) is 9.59 Å². The molecule has 0 heterocycles. The van der Waals surface area contributed by atoms with Crippen LogP contribution in [-0.2, 0) is 9.59 Å². The minimum absolute atomic E-state index is 0.0339. The van der Waals surface area contributed by atoms with Crippen molar-refractivity contribution in [2.75, 3.05) is 13.1 Å². The van der Waals surface area contributed by atoms with Crippen LogP contribution in [0.3, 0.4) is 0 Å². The smallest absolute Gasteiger partial charge is 0.239 e. The van der Waals surface area contributed by atoms with Crippen molar-refractivity contribution >= 4 is 11.8 Å². The van der Waals surface area contributed by atoms with Crippen LogP contribution < -0.4 is 10.6 Å². The Labute approximate surface area is 83.4 Å². The quantitative estimate of drug-likeness (QED) is 0.652. The molecule has 0 aromatic heterocycles. The molecule has 2 aliphatic rings. The summed E-state index contributed by atoms with van der Waals surface area (Å²) in [5.74, 6) is 0.849. The zero-order valence-electron chi connectivity index (χ0n) is 8.21. The topological polar surface area (TPSA) is 58.2 Å². The third-order valence-corrected chi connectivity index (χ3v) is 2.66. The van der Waals surface area contributed by atoms with Crippen molar-refractivity contribution < 1.29 is 9.59 Å². The number of rotatable bonds is 5. The molecule has 0 bridgehead atoms. The molecule has 2 rings (SSSR count). The van der Waals surface area contributed by atoms with Gasteiger partial charge in [0.05, 0.1) is 6.54 Å². The number of amides is 2. The highest BCUT2D eigenvalue weighted by molar-refractivity contribution is 5.86. The lowest BCUT2D eigenvalue weighted by Crippen LogP contribution is -2.38. The normalized spacial score (nSPS) is 20.3. The van der Waals surface area contributed by atoms with Crippen LogP contribution in [0.4, 0.5) is 0 Å². The fourth-order valence-electron chi connectivity index (χ4n) is 1.30. The second-order valence-corrected chi connectivity index (χ2v) is 4.24. The number of carbonyl (C=O) groups is 2. The first-order chi connectivity index (χ1) is 6.75. The van der Waals surface area contributed by atoms with Crippen LogP contribution in [-0.4, -0.2) is 24.9 Å². The van der Waals surface area contributed by atoms with Crippen molar-refractivity contribution in [2.24, 2.45) is 11.8 Å². The summed E-state index contributed by atoms with van der Waals surface area (Å²) in [6, 6.07) is 0. The highest BCUT2D eigenvalue weighted by Crippen LogP contribution is 2.28. The second kappa shape index (κ2) is 3.98. The molecule has 78 valence electrons. The van der Waals surface area contributed by atoms with Crippen LogP contribution in [0.15, 0.2) is 0 Å². The van der Waals surface area contributed by atoms with E-state index in [4.69, 9.17) is 0 Å². The van der Waals surface area contributed by atoms with E-state index < -0.39 is 0 Å². The van der Waals surface area contributed by atoms with E-state index in [9.17, 15) is 9.59 Å². The molecular weight excluding hydrogens is 180 g/mol. The lowest BCUT2D eigenvalue weighted by molar-refractivity contribution is -0.126. The fourth-order valence-corrected chi connectivity index (χ4v) is 1.30. The molecule has 2 fully saturated rings. The van der Waals surface area contributed by atoms with Gasteiger partial charge in [-0.15, -0.1) is 0 Å². The number of hydrogen-bond acceptors (Lipinski definition) is 2. The highest BCUT2D eigenvalue weighted by atomic mass is 16.2. The Morgan fingerprint density at radius 3 is 2.36 bits per heavy atom. The van der Waals surface area contributed by atoms with Gasteiger partial charge in [0.15, 0.2) is 0 Å². The van der Waals surface area contributed by atoms with Crippen LogP contribution in [0, 0.1) is 11.8 Å². The second-order valence-electron chi connectivity index (χ2n) is 4.24. The van der Waals surface area contributed by atoms with Crippen molar-refractivity contribution in [3.05, 3.63) is 0 Å². The largest absolute Gasteiger partial charge is 0.354 e. The van der Waals surface area contributed by atoms with Gasteiger partial charge in [-0.1, -0.05) is 0 Å². The Kier molecular flexibility index (Phi) is 2.70. The SMILES string of the molecule is O=C(CNC(=O)C1CC1)NCC1CC1. The predicted molar refractivity (Wildman–Crippen MR) is 51.5 cm³/mol. The Bertz CT molecular complexity index is 245. The average molecular weight is 196 g/mol. The molecule has 0 atom stereocenters. The van der Waals surface area contributed by atoms with Gasteiger partial charge in [-0.05, 0) is 31.6 Å². The molecule has 0 aromatic rings. The van der Waals surface area contributed by atoms with Crippen molar-refractivity contribution in [3.8, 4) is 0 Å². The van der Waals surface area contributed by atoms with Gasteiger partial charge in [0.1, 0.15) is 0 Å². The molecule has 4 nitrogen and oxygen atoms in total. The van der Waals surface area contributed by atoms with E-state index in [-0.39, 0.29) is 24.3 Å². The Morgan fingerprint density at radius 1 is 1.07 bits per heavy atom. The van der Waals surface area contributed by atoms with Gasteiger partial charge < -0.3 is 10.6 Å². The third kappa shape index (κ3) is 3.01. The Hall–Kier alpha value is -1.06. The lowest BCUT2D eigenvalue weighted by atomic mass is 10.4. The monoisotopic (exact) mass is 196 g/mol. The van der Waals surface area contributed by atoms with Gasteiger partial charge in [0.2, 0.25) is 11.8 Å². The molecule has 2 amide bonds. The molecule has 0 saturated heterocycles. The number of nitrogens with one attached hydrogen (secondary N) is 2. The lowest BCUT2D eigenvalue weighted by Gasteiger charge is -2.05. The van der Waals surface area contributed by atoms with E-state index in [1.165, 1.54) is 12.8 Å². The van der Waals surface area contributed by atoms with Crippen LogP contribution in [0.25, 0.3) is 0 Å². The number of carbonyl (C=O) groups excluding carboxylic acids is 2. The number of hydrogen-bond donors (Lipinski definition) is 2. The summed E-state index contributed by atoms with van der Waals surface area (Å²) in [5, 5.41) is 5.44. The molecule has 14 heavy (non-hydrogen) atoms. The third-order valence-electron chi connectivity index (χ3n) is 2.66. The molecule has 0 unspecified atom stereocenters. The summed E-state index contributed by atoms with van der Waals surface area (Å²) in [5.41, 5.74) is 0. The van der Waals surface area contributed by atoms with E-state index >= 15 is 0 Å². The first-order valence-electron chi connectivity index (χ1n) is 5.30. The minimum atomic E-state index is -0.0640. The Balaban J connectivity index is 1.54. The van der Waals surface area contributed by atoms with Gasteiger partial charge in [-0.2, -0.15) is 0 Å². The zero-order chi connectivity index (χ0) is 9.97. The average Bonchev–Trinajstić information content (AvgIpc) is 3.04. The van der Waals surface area contributed by atoms with E-state index in [0.29, 0.717) is 5.92 Å². The minimum Gasteiger partial charge on any atom is -0.354 e. The summed E-state index contributed by atoms with van der Waals surface area (Å²) in [6.07, 6.45) is 4.43. The summed E-state index contributed by atoms with van der Waals surface area (Å²) in [7, 11) is 0. The summed E-state index contributed by atoms with van der Waals surface area (Å²) in [6.45, 7) is 0.917. The van der Waals surface area contributed by atoms with Crippen LogP contribution in [0.1, 0.15) is 25.7 Å². The van der Waals surface area contributed by atoms with Crippen LogP contribution in [0.2, 0.25) is 0 Å². The molecule has 4 heteroatoms. The Morgan fingerprint density at radius 2 is 1.79 bits per heavy atom. The van der Waals surface area contributed by atoms with E-state index in [1.54, 1.807) is 0 Å². The predicted octanol–water partition coefficient (Wildman–Crippen LogP) is 0.0388. The molecule has 2 aliphatic carbocycles. The standard InChI is InChI=1S/C10H16N2O2/c13-9(11-5-7-1-2-7)6-12-10(14)8-3-4-8/h7-8H,1-6H2,(H,11,13)(H,12,14). The van der Waals surface area contributed by atoms with E-state index in [0.717, 1.165) is 19.4 Å².